The Bertz CT molecular complexity index is 878. The van der Waals surface area contributed by atoms with Crippen molar-refractivity contribution in [3.8, 4) is 0 Å². The Kier molecular flexibility index (Phi) is 4.08. The van der Waals surface area contributed by atoms with Gasteiger partial charge in [0, 0.05) is 16.8 Å². The van der Waals surface area contributed by atoms with Crippen LogP contribution in [-0.4, -0.2) is 26.4 Å². The lowest BCUT2D eigenvalue weighted by Gasteiger charge is -2.25. The Labute approximate surface area is 143 Å². The monoisotopic (exact) mass is 339 g/mol. The summed E-state index contributed by atoms with van der Waals surface area (Å²) >= 11 is 1.84. The smallest absolute Gasteiger partial charge is 0.315 e. The lowest BCUT2D eigenvalue weighted by atomic mass is 10.0. The van der Waals surface area contributed by atoms with Gasteiger partial charge in [0.1, 0.15) is 0 Å². The second kappa shape index (κ2) is 6.52. The van der Waals surface area contributed by atoms with Crippen LogP contribution >= 0.6 is 11.8 Å². The number of nitrogens with one attached hydrogen (secondary N) is 2. The van der Waals surface area contributed by atoms with Gasteiger partial charge in [-0.3, -0.25) is 4.40 Å². The van der Waals surface area contributed by atoms with Gasteiger partial charge in [0.15, 0.2) is 11.5 Å². The molecule has 1 atom stereocenters. The predicted octanol–water partition coefficient (Wildman–Crippen LogP) is 2.77. The maximum atomic E-state index is 12.3. The first-order valence-corrected chi connectivity index (χ1v) is 8.84. The molecule has 0 radical (unpaired) electrons. The zero-order valence-corrected chi connectivity index (χ0v) is 13.8. The lowest BCUT2D eigenvalue weighted by molar-refractivity contribution is 0.236. The van der Waals surface area contributed by atoms with Crippen LogP contribution < -0.4 is 10.6 Å². The zero-order chi connectivity index (χ0) is 16.4. The molecule has 1 aromatic carbocycles. The van der Waals surface area contributed by atoms with Gasteiger partial charge in [0.25, 0.3) is 0 Å². The van der Waals surface area contributed by atoms with E-state index < -0.39 is 0 Å². The number of carbonyl (C=O) groups is 1. The molecular weight excluding hydrogens is 322 g/mol. The summed E-state index contributed by atoms with van der Waals surface area (Å²) in [4.78, 5) is 13.5. The first-order chi connectivity index (χ1) is 11.8. The number of aromatic nitrogens is 3. The SMILES string of the molecule is O=C(NCc1nnc2ccccn12)N[C@H]1CCSc2ccccc21. The summed E-state index contributed by atoms with van der Waals surface area (Å²) in [6.45, 7) is 0.333. The molecule has 3 aromatic rings. The number of pyridine rings is 1. The van der Waals surface area contributed by atoms with Crippen LogP contribution in [0.1, 0.15) is 23.9 Å². The Morgan fingerprint density at radius 3 is 3.04 bits per heavy atom. The van der Waals surface area contributed by atoms with Crippen LogP contribution in [0, 0.1) is 0 Å². The van der Waals surface area contributed by atoms with Gasteiger partial charge in [-0.2, -0.15) is 0 Å². The second-order valence-corrected chi connectivity index (χ2v) is 6.74. The number of benzene rings is 1. The van der Waals surface area contributed by atoms with E-state index >= 15 is 0 Å². The minimum absolute atomic E-state index is 0.0533. The molecule has 4 rings (SSSR count). The molecule has 0 bridgehead atoms. The van der Waals surface area contributed by atoms with E-state index in [0.717, 1.165) is 17.8 Å². The molecule has 122 valence electrons. The third-order valence-electron chi connectivity index (χ3n) is 4.06. The molecule has 0 aliphatic carbocycles. The molecule has 0 spiro atoms. The predicted molar refractivity (Wildman–Crippen MR) is 92.9 cm³/mol. The summed E-state index contributed by atoms with van der Waals surface area (Å²) in [6.07, 6.45) is 2.82. The fourth-order valence-corrected chi connectivity index (χ4v) is 4.00. The highest BCUT2D eigenvalue weighted by atomic mass is 32.2. The number of hydrogen-bond acceptors (Lipinski definition) is 4. The Hall–Kier alpha value is -2.54. The second-order valence-electron chi connectivity index (χ2n) is 5.60. The standard InChI is InChI=1S/C17H17N5OS/c23-17(18-11-16-21-20-15-7-3-4-9-22(15)16)19-13-8-10-24-14-6-2-1-5-12(13)14/h1-7,9,13H,8,10-11H2,(H2,18,19,23)/t13-/m0/s1. The number of nitrogens with zero attached hydrogens (tertiary/aromatic N) is 3. The minimum atomic E-state index is -0.186. The van der Waals surface area contributed by atoms with Crippen molar-refractivity contribution in [3.05, 3.63) is 60.0 Å². The van der Waals surface area contributed by atoms with Gasteiger partial charge in [0.2, 0.25) is 0 Å². The average Bonchev–Trinajstić information content (AvgIpc) is 3.04. The highest BCUT2D eigenvalue weighted by Gasteiger charge is 2.21. The Balaban J connectivity index is 1.41. The molecule has 6 nitrogen and oxygen atoms in total. The number of urea groups is 1. The van der Waals surface area contributed by atoms with E-state index in [0.29, 0.717) is 12.4 Å². The highest BCUT2D eigenvalue weighted by molar-refractivity contribution is 7.99. The molecule has 1 aliphatic rings. The van der Waals surface area contributed by atoms with Gasteiger partial charge in [-0.25, -0.2) is 4.79 Å². The molecule has 0 saturated carbocycles. The fourth-order valence-electron chi connectivity index (χ4n) is 2.87. The van der Waals surface area contributed by atoms with Gasteiger partial charge < -0.3 is 10.6 Å². The number of thioether (sulfide) groups is 1. The van der Waals surface area contributed by atoms with Crippen molar-refractivity contribution in [1.82, 2.24) is 25.2 Å². The summed E-state index contributed by atoms with van der Waals surface area (Å²) in [5.74, 6) is 1.72. The molecule has 0 saturated heterocycles. The summed E-state index contributed by atoms with van der Waals surface area (Å²) in [6, 6.07) is 13.8. The van der Waals surface area contributed by atoms with Gasteiger partial charge in [-0.1, -0.05) is 24.3 Å². The summed E-state index contributed by atoms with van der Waals surface area (Å²) in [5, 5.41) is 14.1. The van der Waals surface area contributed by atoms with E-state index in [1.807, 2.05) is 52.7 Å². The Morgan fingerprint density at radius 1 is 1.21 bits per heavy atom. The average molecular weight is 339 g/mol. The van der Waals surface area contributed by atoms with Crippen LogP contribution in [-0.2, 0) is 6.54 Å². The number of hydrogen-bond donors (Lipinski definition) is 2. The first kappa shape index (κ1) is 15.0. The van der Waals surface area contributed by atoms with Gasteiger partial charge >= 0.3 is 6.03 Å². The Morgan fingerprint density at radius 2 is 2.08 bits per heavy atom. The molecule has 2 aromatic heterocycles. The lowest BCUT2D eigenvalue weighted by Crippen LogP contribution is -2.38. The molecule has 1 aliphatic heterocycles. The number of rotatable bonds is 3. The molecule has 2 amide bonds. The molecule has 3 heterocycles. The maximum absolute atomic E-state index is 12.3. The number of fused-ring (bicyclic) bond motifs is 2. The van der Waals surface area contributed by atoms with Crippen molar-refractivity contribution < 1.29 is 4.79 Å². The van der Waals surface area contributed by atoms with E-state index in [-0.39, 0.29) is 12.1 Å². The van der Waals surface area contributed by atoms with Crippen molar-refractivity contribution in [1.29, 1.82) is 0 Å². The normalized spacial score (nSPS) is 16.6. The van der Waals surface area contributed by atoms with E-state index in [9.17, 15) is 4.79 Å². The van der Waals surface area contributed by atoms with Crippen molar-refractivity contribution in [3.63, 3.8) is 0 Å². The largest absolute Gasteiger partial charge is 0.331 e. The molecule has 2 N–H and O–H groups in total. The van der Waals surface area contributed by atoms with Crippen molar-refractivity contribution in [2.75, 3.05) is 5.75 Å². The highest BCUT2D eigenvalue weighted by Crippen LogP contribution is 2.35. The van der Waals surface area contributed by atoms with Crippen molar-refractivity contribution in [2.24, 2.45) is 0 Å². The van der Waals surface area contributed by atoms with Crippen LogP contribution in [0.15, 0.2) is 53.6 Å². The zero-order valence-electron chi connectivity index (χ0n) is 13.0. The molecule has 0 fully saturated rings. The van der Waals surface area contributed by atoms with Crippen LogP contribution in [0.5, 0.6) is 0 Å². The summed E-state index contributed by atoms with van der Waals surface area (Å²) in [5.41, 5.74) is 1.96. The third kappa shape index (κ3) is 2.94. The molecular formula is C17H17N5OS. The minimum Gasteiger partial charge on any atom is -0.331 e. The van der Waals surface area contributed by atoms with Crippen LogP contribution in [0.3, 0.4) is 0 Å². The van der Waals surface area contributed by atoms with Gasteiger partial charge in [-0.15, -0.1) is 22.0 Å². The topological polar surface area (TPSA) is 71.3 Å². The quantitative estimate of drug-likeness (QED) is 0.770. The summed E-state index contributed by atoms with van der Waals surface area (Å²) in [7, 11) is 0. The van der Waals surface area contributed by atoms with E-state index in [2.05, 4.69) is 33.0 Å². The van der Waals surface area contributed by atoms with E-state index in [1.165, 1.54) is 10.5 Å². The maximum Gasteiger partial charge on any atom is 0.315 e. The first-order valence-electron chi connectivity index (χ1n) is 7.86. The van der Waals surface area contributed by atoms with E-state index in [4.69, 9.17) is 0 Å². The van der Waals surface area contributed by atoms with Gasteiger partial charge in [-0.05, 0) is 30.2 Å². The van der Waals surface area contributed by atoms with Crippen LogP contribution in [0.2, 0.25) is 0 Å². The third-order valence-corrected chi connectivity index (χ3v) is 5.18. The molecule has 24 heavy (non-hydrogen) atoms. The van der Waals surface area contributed by atoms with Crippen molar-refractivity contribution in [2.45, 2.75) is 23.9 Å². The molecule has 7 heteroatoms. The van der Waals surface area contributed by atoms with Gasteiger partial charge in [0.05, 0.1) is 12.6 Å². The fraction of sp³-hybridized carbons (Fsp3) is 0.235. The van der Waals surface area contributed by atoms with Crippen molar-refractivity contribution >= 4 is 23.4 Å². The number of carbonyl (C=O) groups excluding carboxylic acids is 1. The number of amides is 2. The van der Waals surface area contributed by atoms with Crippen LogP contribution in [0.4, 0.5) is 4.79 Å². The van der Waals surface area contributed by atoms with Crippen LogP contribution in [0.25, 0.3) is 5.65 Å². The molecule has 0 unspecified atom stereocenters. The van der Waals surface area contributed by atoms with E-state index in [1.54, 1.807) is 0 Å². The summed E-state index contributed by atoms with van der Waals surface area (Å²) < 4.78 is 1.87.